The average Bonchev–Trinajstić information content (AvgIpc) is 2.45. The molecule has 2 heteroatoms. The van der Waals surface area contributed by atoms with Crippen LogP contribution in [0.2, 0.25) is 0 Å². The molecule has 0 aromatic carbocycles. The number of aromatic amines is 1. The summed E-state index contributed by atoms with van der Waals surface area (Å²) in [6, 6.07) is 0. The van der Waals surface area contributed by atoms with Crippen molar-refractivity contribution >= 4 is 0 Å². The Bertz CT molecular complexity index is 310. The number of aryl methyl sites for hydroxylation is 1. The minimum absolute atomic E-state index is 0.174. The van der Waals surface area contributed by atoms with Gasteiger partial charge in [-0.2, -0.15) is 0 Å². The van der Waals surface area contributed by atoms with Gasteiger partial charge in [0.1, 0.15) is 5.82 Å². The molecule has 1 N–H and O–H groups in total. The summed E-state index contributed by atoms with van der Waals surface area (Å²) in [5.74, 6) is 1.12. The predicted molar refractivity (Wildman–Crippen MR) is 65.1 cm³/mol. The summed E-state index contributed by atoms with van der Waals surface area (Å²) in [4.78, 5) is 7.84. The molecule has 0 bridgehead atoms. The normalized spacial score (nSPS) is 13.2. The lowest BCUT2D eigenvalue weighted by Gasteiger charge is -2.17. The molecule has 1 aromatic heterocycles. The number of imidazole rings is 1. The Kier molecular flexibility index (Phi) is 3.27. The van der Waals surface area contributed by atoms with Gasteiger partial charge in [0.25, 0.3) is 0 Å². The van der Waals surface area contributed by atoms with Gasteiger partial charge >= 0.3 is 0 Å². The second-order valence-corrected chi connectivity index (χ2v) is 6.55. The first-order chi connectivity index (χ1) is 6.68. The molecule has 0 aliphatic carbocycles. The van der Waals surface area contributed by atoms with Gasteiger partial charge in [-0.1, -0.05) is 41.5 Å². The zero-order valence-electron chi connectivity index (χ0n) is 10.9. The molecule has 1 heterocycles. The van der Waals surface area contributed by atoms with Gasteiger partial charge in [-0.15, -0.1) is 0 Å². The van der Waals surface area contributed by atoms with E-state index in [0.717, 1.165) is 12.2 Å². The van der Waals surface area contributed by atoms with Crippen LogP contribution < -0.4 is 0 Å². The van der Waals surface area contributed by atoms with Crippen molar-refractivity contribution in [3.05, 3.63) is 17.7 Å². The van der Waals surface area contributed by atoms with Crippen LogP contribution >= 0.6 is 0 Å². The van der Waals surface area contributed by atoms with Gasteiger partial charge < -0.3 is 4.98 Å². The fourth-order valence-electron chi connectivity index (χ4n) is 1.36. The molecule has 0 spiro atoms. The van der Waals surface area contributed by atoms with Crippen LogP contribution in [0.3, 0.4) is 0 Å². The number of rotatable bonds is 2. The summed E-state index contributed by atoms with van der Waals surface area (Å²) in [5.41, 5.74) is 1.79. The molecule has 0 radical (unpaired) electrons. The molecule has 0 unspecified atom stereocenters. The highest BCUT2D eigenvalue weighted by molar-refractivity contribution is 5.11. The maximum absolute atomic E-state index is 4.43. The highest BCUT2D eigenvalue weighted by Gasteiger charge is 2.17. The smallest absolute Gasteiger partial charge is 0.106 e. The lowest BCUT2D eigenvalue weighted by Crippen LogP contribution is -2.12. The van der Waals surface area contributed by atoms with E-state index in [-0.39, 0.29) is 5.41 Å². The van der Waals surface area contributed by atoms with Crippen molar-refractivity contribution in [2.24, 2.45) is 5.41 Å². The average molecular weight is 208 g/mol. The van der Waals surface area contributed by atoms with E-state index in [1.807, 2.05) is 6.20 Å². The molecule has 1 aromatic rings. The summed E-state index contributed by atoms with van der Waals surface area (Å²) in [6.45, 7) is 13.4. The maximum atomic E-state index is 4.43. The minimum atomic E-state index is 0.174. The third-order valence-electron chi connectivity index (χ3n) is 2.55. The molecule has 0 atom stereocenters. The zero-order valence-corrected chi connectivity index (χ0v) is 10.9. The van der Waals surface area contributed by atoms with E-state index in [2.05, 4.69) is 51.5 Å². The Morgan fingerprint density at radius 2 is 1.73 bits per heavy atom. The Hall–Kier alpha value is -0.790. The number of nitrogens with zero attached hydrogens (tertiary/aromatic N) is 1. The van der Waals surface area contributed by atoms with Crippen LogP contribution in [-0.2, 0) is 11.8 Å². The lowest BCUT2D eigenvalue weighted by molar-refractivity contribution is 0.374. The first-order valence-corrected chi connectivity index (χ1v) is 5.73. The van der Waals surface area contributed by atoms with Crippen molar-refractivity contribution in [3.63, 3.8) is 0 Å². The Labute approximate surface area is 93.5 Å². The van der Waals surface area contributed by atoms with Gasteiger partial charge in [0.2, 0.25) is 0 Å². The van der Waals surface area contributed by atoms with E-state index in [1.165, 1.54) is 12.1 Å². The number of hydrogen-bond donors (Lipinski definition) is 1. The molecule has 86 valence electrons. The van der Waals surface area contributed by atoms with Gasteiger partial charge in [-0.3, -0.25) is 0 Å². The monoisotopic (exact) mass is 208 g/mol. The van der Waals surface area contributed by atoms with Crippen molar-refractivity contribution in [3.8, 4) is 0 Å². The number of H-pyrrole nitrogens is 1. The van der Waals surface area contributed by atoms with Gasteiger partial charge in [-0.25, -0.2) is 4.98 Å². The first kappa shape index (κ1) is 12.3. The molecule has 0 aliphatic heterocycles. The van der Waals surface area contributed by atoms with E-state index < -0.39 is 0 Å². The van der Waals surface area contributed by atoms with E-state index in [1.54, 1.807) is 0 Å². The Morgan fingerprint density at radius 3 is 2.13 bits per heavy atom. The largest absolute Gasteiger partial charge is 0.345 e. The second-order valence-electron chi connectivity index (χ2n) is 6.55. The molecule has 0 aliphatic rings. The summed E-state index contributed by atoms with van der Waals surface area (Å²) < 4.78 is 0. The van der Waals surface area contributed by atoms with E-state index in [9.17, 15) is 0 Å². The molecule has 15 heavy (non-hydrogen) atoms. The first-order valence-electron chi connectivity index (χ1n) is 5.73. The minimum Gasteiger partial charge on any atom is -0.345 e. The summed E-state index contributed by atoms with van der Waals surface area (Å²) in [5, 5.41) is 0. The molecule has 0 amide bonds. The van der Waals surface area contributed by atoms with Crippen LogP contribution in [0.4, 0.5) is 0 Å². The Morgan fingerprint density at radius 1 is 1.13 bits per heavy atom. The fourth-order valence-corrected chi connectivity index (χ4v) is 1.36. The lowest BCUT2D eigenvalue weighted by atomic mass is 9.90. The molecule has 0 saturated heterocycles. The third-order valence-corrected chi connectivity index (χ3v) is 2.55. The van der Waals surface area contributed by atoms with Gasteiger partial charge in [0.05, 0.1) is 0 Å². The molecule has 1 rings (SSSR count). The van der Waals surface area contributed by atoms with E-state index in [0.29, 0.717) is 5.41 Å². The van der Waals surface area contributed by atoms with Crippen molar-refractivity contribution in [2.75, 3.05) is 0 Å². The predicted octanol–water partition coefficient (Wildman–Crippen LogP) is 3.69. The van der Waals surface area contributed by atoms with Gasteiger partial charge in [0, 0.05) is 23.7 Å². The van der Waals surface area contributed by atoms with E-state index in [4.69, 9.17) is 0 Å². The van der Waals surface area contributed by atoms with Crippen molar-refractivity contribution in [2.45, 2.75) is 59.8 Å². The topological polar surface area (TPSA) is 28.7 Å². The highest BCUT2D eigenvalue weighted by atomic mass is 14.9. The van der Waals surface area contributed by atoms with Crippen molar-refractivity contribution in [1.82, 2.24) is 9.97 Å². The zero-order chi connectivity index (χ0) is 11.7. The van der Waals surface area contributed by atoms with Crippen LogP contribution in [0.5, 0.6) is 0 Å². The summed E-state index contributed by atoms with van der Waals surface area (Å²) in [7, 11) is 0. The number of hydrogen-bond acceptors (Lipinski definition) is 1. The quantitative estimate of drug-likeness (QED) is 0.789. The molecule has 0 fully saturated rings. The molecular formula is C13H24N2. The summed E-state index contributed by atoms with van der Waals surface area (Å²) >= 11 is 0. The fraction of sp³-hybridized carbons (Fsp3) is 0.769. The second kappa shape index (κ2) is 3.99. The van der Waals surface area contributed by atoms with Crippen LogP contribution in [0.15, 0.2) is 6.20 Å². The SMILES string of the molecule is CC(C)(C)CCc1ncc(C(C)(C)C)[nH]1. The van der Waals surface area contributed by atoms with Crippen LogP contribution in [0, 0.1) is 5.41 Å². The maximum Gasteiger partial charge on any atom is 0.106 e. The molecular weight excluding hydrogens is 184 g/mol. The van der Waals surface area contributed by atoms with Crippen LogP contribution in [-0.4, -0.2) is 9.97 Å². The third kappa shape index (κ3) is 4.06. The standard InChI is InChI=1S/C13H24N2/c1-12(2,3)8-7-11-14-9-10(15-11)13(4,5)6/h9H,7-8H2,1-6H3,(H,14,15). The molecule has 0 saturated carbocycles. The van der Waals surface area contributed by atoms with E-state index >= 15 is 0 Å². The highest BCUT2D eigenvalue weighted by Crippen LogP contribution is 2.23. The number of nitrogens with one attached hydrogen (secondary N) is 1. The van der Waals surface area contributed by atoms with Gasteiger partial charge in [-0.05, 0) is 11.8 Å². The molecule has 2 nitrogen and oxygen atoms in total. The van der Waals surface area contributed by atoms with Gasteiger partial charge in [0.15, 0.2) is 0 Å². The van der Waals surface area contributed by atoms with Crippen LogP contribution in [0.1, 0.15) is 59.5 Å². The van der Waals surface area contributed by atoms with Crippen LogP contribution in [0.25, 0.3) is 0 Å². The summed E-state index contributed by atoms with van der Waals surface area (Å²) in [6.07, 6.45) is 4.18. The Balaban J connectivity index is 2.62. The van der Waals surface area contributed by atoms with Crippen molar-refractivity contribution in [1.29, 1.82) is 0 Å². The number of aromatic nitrogens is 2. The van der Waals surface area contributed by atoms with Crippen molar-refractivity contribution < 1.29 is 0 Å².